The van der Waals surface area contributed by atoms with E-state index < -0.39 is 11.6 Å². The molecule has 2 saturated carbocycles. The van der Waals surface area contributed by atoms with E-state index in [0.29, 0.717) is 66.5 Å². The van der Waals surface area contributed by atoms with Crippen LogP contribution in [0.2, 0.25) is 5.02 Å². The SMILES string of the molecule is CC(C)(C)N1C(=O)CC[C@H](N2Cc3c(ccc4c3OCC43CCN(C(=O)C4CCC(N5CCC(c6ccc7c(c6)-n6c(nc(=O)c8c(Cl)cccc86)C76CCCCC6)CC5)C4)CC3)C2=O)C1=O. The minimum absolute atomic E-state index is 0.0450. The molecule has 67 heavy (non-hydrogen) atoms. The number of imide groups is 1. The summed E-state index contributed by atoms with van der Waals surface area (Å²) in [5, 5.41) is 0.949. The van der Waals surface area contributed by atoms with Gasteiger partial charge in [-0.15, -0.1) is 0 Å². The number of amides is 4. The fraction of sp³-hybridized carbons (Fsp3) is 0.556. The number of carbonyl (C=O) groups excluding carboxylic acids is 4. The molecule has 3 atom stereocenters. The van der Waals surface area contributed by atoms with Crippen LogP contribution in [0.5, 0.6) is 5.75 Å². The first-order valence-corrected chi connectivity index (χ1v) is 25.5. The van der Waals surface area contributed by atoms with Crippen LogP contribution in [-0.2, 0) is 31.8 Å². The number of halogens is 1. The zero-order valence-electron chi connectivity index (χ0n) is 39.1. The monoisotopic (exact) mass is 924 g/mol. The first kappa shape index (κ1) is 43.2. The molecule has 13 heteroatoms. The largest absolute Gasteiger partial charge is 0.492 e. The number of ether oxygens (including phenoxy) is 1. The highest BCUT2D eigenvalue weighted by Crippen LogP contribution is 2.53. The van der Waals surface area contributed by atoms with E-state index in [9.17, 15) is 24.0 Å². The second kappa shape index (κ2) is 15.7. The summed E-state index contributed by atoms with van der Waals surface area (Å²) in [6.07, 6.45) is 12.7. The highest BCUT2D eigenvalue weighted by atomic mass is 35.5. The Hall–Kier alpha value is -5.07. The number of hydrogen-bond donors (Lipinski definition) is 0. The van der Waals surface area contributed by atoms with Gasteiger partial charge in [-0.1, -0.05) is 55.1 Å². The molecule has 4 aromatic rings. The third-order valence-electron chi connectivity index (χ3n) is 17.7. The molecular formula is C54H61ClN6O6. The molecule has 2 spiro atoms. The van der Waals surface area contributed by atoms with Gasteiger partial charge in [0.05, 0.1) is 40.2 Å². The summed E-state index contributed by atoms with van der Waals surface area (Å²) in [6.45, 7) is 9.78. The number of fused-ring (bicyclic) bond motifs is 11. The lowest BCUT2D eigenvalue weighted by atomic mass is 9.69. The summed E-state index contributed by atoms with van der Waals surface area (Å²) in [4.78, 5) is 80.4. The van der Waals surface area contributed by atoms with Gasteiger partial charge in [-0.3, -0.25) is 33.4 Å². The molecule has 350 valence electrons. The Morgan fingerprint density at radius 1 is 0.851 bits per heavy atom. The quantitative estimate of drug-likeness (QED) is 0.188. The molecule has 0 radical (unpaired) electrons. The number of likely N-dealkylation sites (tertiary alicyclic amines) is 3. The molecule has 3 aromatic carbocycles. The van der Waals surface area contributed by atoms with E-state index in [-0.39, 0.29) is 46.4 Å². The summed E-state index contributed by atoms with van der Waals surface area (Å²) in [7, 11) is 0. The van der Waals surface area contributed by atoms with Crippen LogP contribution >= 0.6 is 11.6 Å². The van der Waals surface area contributed by atoms with Crippen molar-refractivity contribution in [2.75, 3.05) is 32.8 Å². The first-order valence-electron chi connectivity index (χ1n) is 25.1. The van der Waals surface area contributed by atoms with Gasteiger partial charge in [0.2, 0.25) is 11.8 Å². The van der Waals surface area contributed by atoms with E-state index in [1.165, 1.54) is 22.4 Å². The average molecular weight is 926 g/mol. The van der Waals surface area contributed by atoms with Crippen molar-refractivity contribution in [3.63, 3.8) is 0 Å². The molecule has 12 nitrogen and oxygen atoms in total. The molecule has 3 saturated heterocycles. The van der Waals surface area contributed by atoms with Crippen molar-refractivity contribution in [1.29, 1.82) is 0 Å². The van der Waals surface area contributed by atoms with Crippen LogP contribution < -0.4 is 10.3 Å². The second-order valence-corrected chi connectivity index (χ2v) is 22.6. The summed E-state index contributed by atoms with van der Waals surface area (Å²) < 4.78 is 8.74. The minimum atomic E-state index is -0.682. The normalized spacial score (nSPS) is 25.8. The van der Waals surface area contributed by atoms with Crippen LogP contribution in [0.3, 0.4) is 0 Å². The molecule has 0 bridgehead atoms. The van der Waals surface area contributed by atoms with Gasteiger partial charge < -0.3 is 19.4 Å². The lowest BCUT2D eigenvalue weighted by Gasteiger charge is -2.41. The van der Waals surface area contributed by atoms with E-state index in [1.54, 1.807) is 11.0 Å². The Bertz CT molecular complexity index is 2830. The molecule has 0 N–H and O–H groups in total. The first-order chi connectivity index (χ1) is 32.3. The maximum absolute atomic E-state index is 14.2. The smallest absolute Gasteiger partial charge is 0.282 e. The van der Waals surface area contributed by atoms with Crippen molar-refractivity contribution in [3.05, 3.63) is 97.5 Å². The van der Waals surface area contributed by atoms with Gasteiger partial charge in [0.1, 0.15) is 17.6 Å². The number of carbonyl (C=O) groups is 4. The third kappa shape index (κ3) is 6.61. The van der Waals surface area contributed by atoms with Crippen LogP contribution in [0.4, 0.5) is 0 Å². The Labute approximate surface area is 397 Å². The lowest BCUT2D eigenvalue weighted by molar-refractivity contribution is -0.158. The Kier molecular flexibility index (Phi) is 10.2. The lowest BCUT2D eigenvalue weighted by Crippen LogP contribution is -2.60. The molecule has 2 unspecified atom stereocenters. The van der Waals surface area contributed by atoms with E-state index in [1.807, 2.05) is 45.0 Å². The number of benzene rings is 3. The molecule has 5 fully saturated rings. The van der Waals surface area contributed by atoms with E-state index in [0.717, 1.165) is 118 Å². The zero-order chi connectivity index (χ0) is 46.1. The predicted octanol–water partition coefficient (Wildman–Crippen LogP) is 8.18. The van der Waals surface area contributed by atoms with Crippen molar-refractivity contribution in [1.82, 2.24) is 29.2 Å². The number of piperidine rings is 3. The second-order valence-electron chi connectivity index (χ2n) is 22.2. The zero-order valence-corrected chi connectivity index (χ0v) is 39.8. The predicted molar refractivity (Wildman–Crippen MR) is 255 cm³/mol. The molecular weight excluding hydrogens is 864 g/mol. The molecule has 8 aliphatic rings. The number of aromatic nitrogens is 2. The summed E-state index contributed by atoms with van der Waals surface area (Å²) in [5.41, 5.74) is 5.85. The van der Waals surface area contributed by atoms with Gasteiger partial charge in [0, 0.05) is 59.1 Å². The van der Waals surface area contributed by atoms with Crippen LogP contribution in [0.1, 0.15) is 155 Å². The van der Waals surface area contributed by atoms with Gasteiger partial charge in [-0.05, 0) is 139 Å². The van der Waals surface area contributed by atoms with Gasteiger partial charge in [-0.25, -0.2) is 0 Å². The average Bonchev–Trinajstić information content (AvgIpc) is 4.09. The summed E-state index contributed by atoms with van der Waals surface area (Å²) >= 11 is 6.64. The standard InChI is InChI=1S/C54H61ClN6O6/c1-52(2,3)61-44(62)17-16-42(50(61)66)59-30-37-36(49(59)65)13-15-39-46(37)67-31-53(39)22-26-58(27-23-53)48(64)34-10-12-35(28-34)57-24-18-32(19-25-57)33-11-14-38-43(29-33)60-41-9-7-8-40(55)45(41)47(63)56-51(60)54(38)20-5-4-6-21-54/h7-9,11,13-15,29,32,34-35,42H,4-6,10,12,16-28,30-31H2,1-3H3/t34?,35?,42-/m0/s1. The molecule has 2 aliphatic carbocycles. The van der Waals surface area contributed by atoms with Gasteiger partial charge in [0.15, 0.2) is 0 Å². The minimum Gasteiger partial charge on any atom is -0.492 e. The Balaban J connectivity index is 0.682. The molecule has 12 rings (SSSR count). The van der Waals surface area contributed by atoms with Crippen molar-refractivity contribution < 1.29 is 23.9 Å². The number of nitrogens with zero attached hydrogens (tertiary/aromatic N) is 6. The van der Waals surface area contributed by atoms with Crippen molar-refractivity contribution >= 4 is 46.1 Å². The van der Waals surface area contributed by atoms with E-state index in [2.05, 4.69) is 32.6 Å². The Morgan fingerprint density at radius 3 is 2.37 bits per heavy atom. The fourth-order valence-electron chi connectivity index (χ4n) is 14.2. The maximum atomic E-state index is 14.2. The van der Waals surface area contributed by atoms with Gasteiger partial charge in [-0.2, -0.15) is 4.98 Å². The van der Waals surface area contributed by atoms with E-state index in [4.69, 9.17) is 21.3 Å². The molecule has 4 amide bonds. The summed E-state index contributed by atoms with van der Waals surface area (Å²) in [5.74, 6) is 1.76. The van der Waals surface area contributed by atoms with Crippen LogP contribution in [0.15, 0.2) is 53.3 Å². The van der Waals surface area contributed by atoms with Crippen molar-refractivity contribution in [2.24, 2.45) is 5.92 Å². The molecule has 6 aliphatic heterocycles. The van der Waals surface area contributed by atoms with Gasteiger partial charge in [0.25, 0.3) is 17.4 Å². The number of rotatable bonds is 4. The summed E-state index contributed by atoms with van der Waals surface area (Å²) in [6, 6.07) is 16.5. The van der Waals surface area contributed by atoms with Crippen molar-refractivity contribution in [3.8, 4) is 11.4 Å². The van der Waals surface area contributed by atoms with Crippen LogP contribution in [0, 0.1) is 5.92 Å². The van der Waals surface area contributed by atoms with E-state index >= 15 is 0 Å². The molecule has 1 aromatic heterocycles. The third-order valence-corrected chi connectivity index (χ3v) is 18.0. The highest BCUT2D eigenvalue weighted by Gasteiger charge is 2.51. The number of hydrogen-bond acceptors (Lipinski definition) is 8. The van der Waals surface area contributed by atoms with Crippen LogP contribution in [0.25, 0.3) is 16.6 Å². The van der Waals surface area contributed by atoms with Crippen LogP contribution in [-0.4, -0.2) is 103 Å². The maximum Gasteiger partial charge on any atom is 0.282 e. The highest BCUT2D eigenvalue weighted by molar-refractivity contribution is 6.35. The molecule has 7 heterocycles. The topological polar surface area (TPSA) is 125 Å². The van der Waals surface area contributed by atoms with Crippen molar-refractivity contribution in [2.45, 2.75) is 152 Å². The Morgan fingerprint density at radius 2 is 1.61 bits per heavy atom. The van der Waals surface area contributed by atoms with Gasteiger partial charge >= 0.3 is 0 Å². The fourth-order valence-corrected chi connectivity index (χ4v) is 14.4.